The lowest BCUT2D eigenvalue weighted by atomic mass is 10.1. The highest BCUT2D eigenvalue weighted by Gasteiger charge is 2.11. The first-order valence-electron chi connectivity index (χ1n) is 5.67. The van der Waals surface area contributed by atoms with Gasteiger partial charge in [0.05, 0.1) is 0 Å². The van der Waals surface area contributed by atoms with Gasteiger partial charge in [-0.05, 0) is 60.7 Å². The van der Waals surface area contributed by atoms with Crippen LogP contribution >= 0.6 is 0 Å². The molecule has 0 amide bonds. The summed E-state index contributed by atoms with van der Waals surface area (Å²) in [5.41, 5.74) is 2.92. The summed E-state index contributed by atoms with van der Waals surface area (Å²) in [4.78, 5) is 0. The molecule has 1 heteroatoms. The first-order chi connectivity index (χ1) is 7.92. The Hall–Kier alpha value is -1.76. The van der Waals surface area contributed by atoms with Crippen molar-refractivity contribution >= 4 is 0 Å². The number of rotatable bonds is 2. The van der Waals surface area contributed by atoms with Crippen LogP contribution in [-0.2, 0) is 12.8 Å². The first-order valence-corrected chi connectivity index (χ1v) is 5.67. The van der Waals surface area contributed by atoms with Gasteiger partial charge in [-0.15, -0.1) is 0 Å². The Bertz CT molecular complexity index is 488. The zero-order chi connectivity index (χ0) is 10.8. The number of aryl methyl sites for hydroxylation is 2. The minimum Gasteiger partial charge on any atom is -0.457 e. The second kappa shape index (κ2) is 4.01. The third kappa shape index (κ3) is 1.81. The molecule has 1 radical (unpaired) electrons. The van der Waals surface area contributed by atoms with E-state index in [1.165, 1.54) is 30.4 Å². The molecule has 0 aliphatic heterocycles. The third-order valence-electron chi connectivity index (χ3n) is 2.99. The maximum atomic E-state index is 5.78. The summed E-state index contributed by atoms with van der Waals surface area (Å²) in [5.74, 6) is 1.81. The summed E-state index contributed by atoms with van der Waals surface area (Å²) in [5, 5.41) is 0. The van der Waals surface area contributed by atoms with Gasteiger partial charge in [0, 0.05) is 0 Å². The van der Waals surface area contributed by atoms with Crippen LogP contribution in [0.3, 0.4) is 0 Å². The molecule has 0 heterocycles. The molecule has 0 N–H and O–H groups in total. The fourth-order valence-electron chi connectivity index (χ4n) is 2.19. The normalized spacial score (nSPS) is 13.5. The van der Waals surface area contributed by atoms with E-state index in [0.717, 1.165) is 11.5 Å². The summed E-state index contributed by atoms with van der Waals surface area (Å²) in [6, 6.07) is 17.0. The molecular formula is C15H13O. The summed E-state index contributed by atoms with van der Waals surface area (Å²) in [6.45, 7) is 0. The average molecular weight is 209 g/mol. The van der Waals surface area contributed by atoms with Crippen molar-refractivity contribution in [1.29, 1.82) is 0 Å². The molecule has 3 rings (SSSR count). The van der Waals surface area contributed by atoms with Crippen LogP contribution in [0.5, 0.6) is 11.5 Å². The second-order valence-corrected chi connectivity index (χ2v) is 4.12. The van der Waals surface area contributed by atoms with Crippen molar-refractivity contribution in [1.82, 2.24) is 0 Å². The molecule has 0 unspecified atom stereocenters. The number of hydrogen-bond donors (Lipinski definition) is 0. The summed E-state index contributed by atoms with van der Waals surface area (Å²) in [7, 11) is 0. The van der Waals surface area contributed by atoms with Gasteiger partial charge in [-0.3, -0.25) is 0 Å². The molecule has 16 heavy (non-hydrogen) atoms. The van der Waals surface area contributed by atoms with Crippen LogP contribution in [0, 0.1) is 6.07 Å². The Kier molecular flexibility index (Phi) is 2.37. The van der Waals surface area contributed by atoms with Crippen LogP contribution in [0.1, 0.15) is 17.5 Å². The molecule has 1 aliphatic rings. The van der Waals surface area contributed by atoms with Gasteiger partial charge in [-0.2, -0.15) is 0 Å². The lowest BCUT2D eigenvalue weighted by Gasteiger charge is -2.07. The fourth-order valence-corrected chi connectivity index (χ4v) is 2.19. The topological polar surface area (TPSA) is 9.23 Å². The minimum absolute atomic E-state index is 0.872. The highest BCUT2D eigenvalue weighted by Crippen LogP contribution is 2.28. The number of fused-ring (bicyclic) bond motifs is 1. The van der Waals surface area contributed by atoms with Crippen LogP contribution in [0.2, 0.25) is 0 Å². The van der Waals surface area contributed by atoms with Crippen molar-refractivity contribution < 1.29 is 4.74 Å². The van der Waals surface area contributed by atoms with Gasteiger partial charge in [-0.25, -0.2) is 0 Å². The van der Waals surface area contributed by atoms with E-state index in [1.807, 2.05) is 24.3 Å². The van der Waals surface area contributed by atoms with Gasteiger partial charge in [0.15, 0.2) is 0 Å². The quantitative estimate of drug-likeness (QED) is 0.731. The highest BCUT2D eigenvalue weighted by molar-refractivity contribution is 5.40. The molecule has 0 saturated carbocycles. The van der Waals surface area contributed by atoms with Crippen LogP contribution < -0.4 is 4.74 Å². The second-order valence-electron chi connectivity index (χ2n) is 4.12. The SMILES string of the molecule is [c]1ccc(Oc2ccc3c(c2)CCC3)cc1. The van der Waals surface area contributed by atoms with Crippen molar-refractivity contribution in [3.63, 3.8) is 0 Å². The maximum Gasteiger partial charge on any atom is 0.127 e. The lowest BCUT2D eigenvalue weighted by Crippen LogP contribution is -1.87. The van der Waals surface area contributed by atoms with Crippen molar-refractivity contribution in [2.75, 3.05) is 0 Å². The standard InChI is InChI=1S/C15H13O/c1-2-7-14(8-3-1)16-15-10-9-12-5-4-6-13(12)11-15/h2-3,7-11H,4-6H2. The molecule has 0 bridgehead atoms. The zero-order valence-corrected chi connectivity index (χ0v) is 9.07. The lowest BCUT2D eigenvalue weighted by molar-refractivity contribution is 0.482. The molecule has 79 valence electrons. The summed E-state index contributed by atoms with van der Waals surface area (Å²) >= 11 is 0. The van der Waals surface area contributed by atoms with Crippen LogP contribution in [-0.4, -0.2) is 0 Å². The molecule has 0 atom stereocenters. The predicted molar refractivity (Wildman–Crippen MR) is 63.8 cm³/mol. The van der Waals surface area contributed by atoms with Crippen LogP contribution in [0.15, 0.2) is 42.5 Å². The zero-order valence-electron chi connectivity index (χ0n) is 9.07. The Morgan fingerprint density at radius 3 is 2.56 bits per heavy atom. The van der Waals surface area contributed by atoms with E-state index in [0.29, 0.717) is 0 Å². The van der Waals surface area contributed by atoms with E-state index < -0.39 is 0 Å². The smallest absolute Gasteiger partial charge is 0.127 e. The molecule has 1 nitrogen and oxygen atoms in total. The predicted octanol–water partition coefficient (Wildman–Crippen LogP) is 3.77. The van der Waals surface area contributed by atoms with E-state index in [-0.39, 0.29) is 0 Å². The van der Waals surface area contributed by atoms with Crippen molar-refractivity contribution in [2.24, 2.45) is 0 Å². The fraction of sp³-hybridized carbons (Fsp3) is 0.200. The summed E-state index contributed by atoms with van der Waals surface area (Å²) < 4.78 is 5.78. The largest absolute Gasteiger partial charge is 0.457 e. The molecule has 0 saturated heterocycles. The van der Waals surface area contributed by atoms with Gasteiger partial charge in [-0.1, -0.05) is 18.2 Å². The molecule has 2 aromatic rings. The van der Waals surface area contributed by atoms with Crippen molar-refractivity contribution in [3.8, 4) is 11.5 Å². The van der Waals surface area contributed by atoms with Crippen LogP contribution in [0.25, 0.3) is 0 Å². The van der Waals surface area contributed by atoms with Gasteiger partial charge in [0.25, 0.3) is 0 Å². The Morgan fingerprint density at radius 2 is 1.69 bits per heavy atom. The molecule has 0 fully saturated rings. The molecule has 0 spiro atoms. The maximum absolute atomic E-state index is 5.78. The van der Waals surface area contributed by atoms with Crippen LogP contribution in [0.4, 0.5) is 0 Å². The monoisotopic (exact) mass is 209 g/mol. The third-order valence-corrected chi connectivity index (χ3v) is 2.99. The minimum atomic E-state index is 0.872. The van der Waals surface area contributed by atoms with Crippen molar-refractivity contribution in [2.45, 2.75) is 19.3 Å². The Balaban J connectivity index is 1.86. The summed E-state index contributed by atoms with van der Waals surface area (Å²) in [6.07, 6.45) is 3.68. The Morgan fingerprint density at radius 1 is 0.875 bits per heavy atom. The average Bonchev–Trinajstić information content (AvgIpc) is 2.77. The Labute approximate surface area is 95.7 Å². The number of hydrogen-bond acceptors (Lipinski definition) is 1. The molecule has 2 aromatic carbocycles. The van der Waals surface area contributed by atoms with E-state index in [1.54, 1.807) is 0 Å². The van der Waals surface area contributed by atoms with Crippen molar-refractivity contribution in [3.05, 3.63) is 59.7 Å². The molecular weight excluding hydrogens is 196 g/mol. The van der Waals surface area contributed by atoms with Gasteiger partial charge in [0.1, 0.15) is 11.5 Å². The van der Waals surface area contributed by atoms with Gasteiger partial charge >= 0.3 is 0 Å². The van der Waals surface area contributed by atoms with Gasteiger partial charge in [0.2, 0.25) is 0 Å². The van der Waals surface area contributed by atoms with E-state index in [2.05, 4.69) is 24.3 Å². The first kappa shape index (κ1) is 9.46. The molecule has 1 aliphatic carbocycles. The van der Waals surface area contributed by atoms with E-state index >= 15 is 0 Å². The highest BCUT2D eigenvalue weighted by atomic mass is 16.5. The number of ether oxygens (including phenoxy) is 1. The van der Waals surface area contributed by atoms with E-state index in [9.17, 15) is 0 Å². The van der Waals surface area contributed by atoms with E-state index in [4.69, 9.17) is 4.74 Å². The number of benzene rings is 2. The molecule has 0 aromatic heterocycles. The van der Waals surface area contributed by atoms with Gasteiger partial charge < -0.3 is 4.74 Å².